The highest BCUT2D eigenvalue weighted by atomic mass is 19.2. The van der Waals surface area contributed by atoms with Gasteiger partial charge in [0.1, 0.15) is 0 Å². The lowest BCUT2D eigenvalue weighted by Gasteiger charge is -2.10. The molecule has 0 saturated carbocycles. The Morgan fingerprint density at radius 3 is 2.74 bits per heavy atom. The highest BCUT2D eigenvalue weighted by molar-refractivity contribution is 5.20. The van der Waals surface area contributed by atoms with Crippen molar-refractivity contribution in [1.82, 2.24) is 9.88 Å². The zero-order valence-corrected chi connectivity index (χ0v) is 11.0. The number of rotatable bonds is 6. The summed E-state index contributed by atoms with van der Waals surface area (Å²) in [5, 5.41) is 3.33. The molecule has 0 aliphatic rings. The number of halogens is 2. The summed E-state index contributed by atoms with van der Waals surface area (Å²) < 4.78 is 28.1. The molecule has 0 bridgehead atoms. The summed E-state index contributed by atoms with van der Waals surface area (Å²) in [7, 11) is 0. The first-order valence-electron chi connectivity index (χ1n) is 6.49. The third-order valence-corrected chi connectivity index (χ3v) is 2.99. The molecule has 1 aromatic heterocycles. The standard InChI is InChI=1S/C15H18F2N2/c1-2-7-18-10-13-4-3-8-19(13)11-12-5-6-14(16)15(17)9-12/h3-6,8-9,18H,2,7,10-11H2,1H3. The van der Waals surface area contributed by atoms with E-state index in [4.69, 9.17) is 0 Å². The summed E-state index contributed by atoms with van der Waals surface area (Å²) in [5.74, 6) is -1.60. The largest absolute Gasteiger partial charge is 0.346 e. The van der Waals surface area contributed by atoms with E-state index in [0.717, 1.165) is 30.8 Å². The van der Waals surface area contributed by atoms with Crippen molar-refractivity contribution in [3.63, 3.8) is 0 Å². The van der Waals surface area contributed by atoms with Crippen molar-refractivity contribution >= 4 is 0 Å². The van der Waals surface area contributed by atoms with Gasteiger partial charge >= 0.3 is 0 Å². The van der Waals surface area contributed by atoms with Gasteiger partial charge in [0.25, 0.3) is 0 Å². The molecule has 0 atom stereocenters. The van der Waals surface area contributed by atoms with Crippen LogP contribution in [0, 0.1) is 11.6 Å². The molecule has 19 heavy (non-hydrogen) atoms. The predicted molar refractivity (Wildman–Crippen MR) is 71.9 cm³/mol. The van der Waals surface area contributed by atoms with E-state index in [1.807, 2.05) is 22.9 Å². The van der Waals surface area contributed by atoms with Gasteiger partial charge in [0, 0.05) is 25.0 Å². The molecular formula is C15H18F2N2. The first-order chi connectivity index (χ1) is 9.20. The van der Waals surface area contributed by atoms with Crippen molar-refractivity contribution in [3.8, 4) is 0 Å². The second-order valence-corrected chi connectivity index (χ2v) is 4.55. The number of aromatic nitrogens is 1. The van der Waals surface area contributed by atoms with Gasteiger partial charge < -0.3 is 9.88 Å². The van der Waals surface area contributed by atoms with Gasteiger partial charge in [0.15, 0.2) is 11.6 Å². The Balaban J connectivity index is 2.06. The van der Waals surface area contributed by atoms with E-state index in [1.165, 1.54) is 12.1 Å². The average Bonchev–Trinajstić information content (AvgIpc) is 2.82. The van der Waals surface area contributed by atoms with Gasteiger partial charge in [-0.25, -0.2) is 8.78 Å². The fourth-order valence-corrected chi connectivity index (χ4v) is 1.99. The van der Waals surface area contributed by atoms with E-state index in [-0.39, 0.29) is 0 Å². The molecule has 1 heterocycles. The van der Waals surface area contributed by atoms with Gasteiger partial charge in [-0.2, -0.15) is 0 Å². The van der Waals surface area contributed by atoms with Gasteiger partial charge in [-0.1, -0.05) is 13.0 Å². The monoisotopic (exact) mass is 264 g/mol. The number of nitrogens with one attached hydrogen (secondary N) is 1. The Labute approximate surface area is 112 Å². The van der Waals surface area contributed by atoms with Gasteiger partial charge in [-0.05, 0) is 42.8 Å². The molecule has 0 saturated heterocycles. The van der Waals surface area contributed by atoms with Crippen LogP contribution in [0.3, 0.4) is 0 Å². The third-order valence-electron chi connectivity index (χ3n) is 2.99. The highest BCUT2D eigenvalue weighted by Crippen LogP contribution is 2.12. The van der Waals surface area contributed by atoms with Gasteiger partial charge in [0.2, 0.25) is 0 Å². The molecule has 2 nitrogen and oxygen atoms in total. The summed E-state index contributed by atoms with van der Waals surface area (Å²) in [5.41, 5.74) is 1.89. The lowest BCUT2D eigenvalue weighted by atomic mass is 10.2. The predicted octanol–water partition coefficient (Wildman–Crippen LogP) is 3.31. The van der Waals surface area contributed by atoms with Gasteiger partial charge in [-0.3, -0.25) is 0 Å². The van der Waals surface area contributed by atoms with Crippen molar-refractivity contribution in [2.75, 3.05) is 6.54 Å². The Bertz CT molecular complexity index is 535. The number of hydrogen-bond donors (Lipinski definition) is 1. The fourth-order valence-electron chi connectivity index (χ4n) is 1.99. The Morgan fingerprint density at radius 2 is 2.00 bits per heavy atom. The van der Waals surface area contributed by atoms with Crippen LogP contribution in [-0.4, -0.2) is 11.1 Å². The zero-order valence-electron chi connectivity index (χ0n) is 11.0. The molecule has 0 unspecified atom stereocenters. The molecule has 0 fully saturated rings. The molecule has 4 heteroatoms. The maximum atomic E-state index is 13.2. The average molecular weight is 264 g/mol. The van der Waals surface area contributed by atoms with E-state index in [0.29, 0.717) is 6.54 Å². The second kappa shape index (κ2) is 6.48. The van der Waals surface area contributed by atoms with Gasteiger partial charge in [-0.15, -0.1) is 0 Å². The summed E-state index contributed by atoms with van der Waals surface area (Å²) in [6.45, 7) is 4.42. The molecule has 0 amide bonds. The number of nitrogens with zero attached hydrogens (tertiary/aromatic N) is 1. The van der Waals surface area contributed by atoms with Crippen LogP contribution < -0.4 is 5.32 Å². The van der Waals surface area contributed by atoms with Crippen LogP contribution in [0.15, 0.2) is 36.5 Å². The third kappa shape index (κ3) is 3.64. The molecule has 0 radical (unpaired) electrons. The normalized spacial score (nSPS) is 10.9. The summed E-state index contributed by atoms with van der Waals surface area (Å²) in [6.07, 6.45) is 3.04. The molecule has 0 aliphatic carbocycles. The fraction of sp³-hybridized carbons (Fsp3) is 0.333. The van der Waals surface area contributed by atoms with Crippen LogP contribution >= 0.6 is 0 Å². The molecule has 1 aromatic carbocycles. The van der Waals surface area contributed by atoms with Gasteiger partial charge in [0.05, 0.1) is 0 Å². The summed E-state index contributed by atoms with van der Waals surface area (Å²) >= 11 is 0. The molecule has 0 aliphatic heterocycles. The van der Waals surface area contributed by atoms with E-state index in [9.17, 15) is 8.78 Å². The zero-order chi connectivity index (χ0) is 13.7. The molecular weight excluding hydrogens is 246 g/mol. The summed E-state index contributed by atoms with van der Waals surface area (Å²) in [6, 6.07) is 8.02. The second-order valence-electron chi connectivity index (χ2n) is 4.55. The van der Waals surface area contributed by atoms with Crippen molar-refractivity contribution in [1.29, 1.82) is 0 Å². The minimum atomic E-state index is -0.805. The number of hydrogen-bond acceptors (Lipinski definition) is 1. The van der Waals surface area contributed by atoms with Crippen LogP contribution in [0.25, 0.3) is 0 Å². The Kier molecular flexibility index (Phi) is 4.68. The van der Waals surface area contributed by atoms with E-state index in [2.05, 4.69) is 12.2 Å². The van der Waals surface area contributed by atoms with Crippen LogP contribution in [0.4, 0.5) is 8.78 Å². The maximum absolute atomic E-state index is 13.2. The lowest BCUT2D eigenvalue weighted by Crippen LogP contribution is -2.17. The first-order valence-corrected chi connectivity index (χ1v) is 6.49. The van der Waals surface area contributed by atoms with Crippen molar-refractivity contribution in [3.05, 3.63) is 59.4 Å². The molecule has 2 rings (SSSR count). The lowest BCUT2D eigenvalue weighted by molar-refractivity contribution is 0.506. The van der Waals surface area contributed by atoms with Crippen LogP contribution in [-0.2, 0) is 13.1 Å². The quantitative estimate of drug-likeness (QED) is 0.792. The van der Waals surface area contributed by atoms with E-state index in [1.54, 1.807) is 6.07 Å². The molecule has 0 spiro atoms. The Morgan fingerprint density at radius 1 is 1.16 bits per heavy atom. The Hall–Kier alpha value is -1.68. The SMILES string of the molecule is CCCNCc1cccn1Cc1ccc(F)c(F)c1. The molecule has 1 N–H and O–H groups in total. The van der Waals surface area contributed by atoms with Crippen molar-refractivity contribution in [2.24, 2.45) is 0 Å². The van der Waals surface area contributed by atoms with Crippen molar-refractivity contribution in [2.45, 2.75) is 26.4 Å². The first kappa shape index (κ1) is 13.7. The topological polar surface area (TPSA) is 17.0 Å². The molecule has 102 valence electrons. The summed E-state index contributed by atoms with van der Waals surface area (Å²) in [4.78, 5) is 0. The van der Waals surface area contributed by atoms with Crippen molar-refractivity contribution < 1.29 is 8.78 Å². The minimum absolute atomic E-state index is 0.549. The van der Waals surface area contributed by atoms with E-state index < -0.39 is 11.6 Å². The van der Waals surface area contributed by atoms with E-state index >= 15 is 0 Å². The smallest absolute Gasteiger partial charge is 0.159 e. The maximum Gasteiger partial charge on any atom is 0.159 e. The van der Waals surface area contributed by atoms with Crippen LogP contribution in [0.2, 0.25) is 0 Å². The van der Waals surface area contributed by atoms with Crippen LogP contribution in [0.1, 0.15) is 24.6 Å². The number of benzene rings is 1. The minimum Gasteiger partial charge on any atom is -0.346 e. The highest BCUT2D eigenvalue weighted by Gasteiger charge is 2.05. The molecule has 2 aromatic rings. The van der Waals surface area contributed by atoms with Crippen LogP contribution in [0.5, 0.6) is 0 Å².